The van der Waals surface area contributed by atoms with Crippen molar-refractivity contribution in [2.45, 2.75) is 52.6 Å². The van der Waals surface area contributed by atoms with E-state index in [4.69, 9.17) is 5.10 Å². The second-order valence-corrected chi connectivity index (χ2v) is 7.07. The van der Waals surface area contributed by atoms with Crippen LogP contribution in [0.25, 0.3) is 5.65 Å². The Hall–Kier alpha value is -2.67. The third kappa shape index (κ3) is 4.03. The van der Waals surface area contributed by atoms with E-state index < -0.39 is 0 Å². The first-order chi connectivity index (χ1) is 13.0. The minimum absolute atomic E-state index is 0.0467. The predicted molar refractivity (Wildman–Crippen MR) is 108 cm³/mol. The lowest BCUT2D eigenvalue weighted by molar-refractivity contribution is 0.271. The van der Waals surface area contributed by atoms with Gasteiger partial charge in [-0.25, -0.2) is 0 Å². The second kappa shape index (κ2) is 8.35. The molecule has 1 atom stereocenters. The molecule has 3 aromatic rings. The van der Waals surface area contributed by atoms with Crippen molar-refractivity contribution in [2.75, 3.05) is 17.2 Å². The molecule has 3 rings (SSSR count). The molecule has 0 unspecified atom stereocenters. The fourth-order valence-electron chi connectivity index (χ4n) is 2.97. The number of anilines is 2. The summed E-state index contributed by atoms with van der Waals surface area (Å²) in [5.41, 5.74) is 3.78. The van der Waals surface area contributed by atoms with Gasteiger partial charge in [-0.05, 0) is 18.9 Å². The lowest BCUT2D eigenvalue weighted by Gasteiger charge is -2.19. The number of rotatable bonds is 8. The molecule has 0 aliphatic carbocycles. The first-order valence-corrected chi connectivity index (χ1v) is 9.46. The first kappa shape index (κ1) is 19.1. The number of nitrogens with zero attached hydrogens (tertiary/aromatic N) is 4. The van der Waals surface area contributed by atoms with E-state index >= 15 is 0 Å². The van der Waals surface area contributed by atoms with Crippen LogP contribution >= 0.6 is 0 Å². The van der Waals surface area contributed by atoms with E-state index in [9.17, 15) is 5.11 Å². The van der Waals surface area contributed by atoms with Crippen molar-refractivity contribution in [3.05, 3.63) is 47.3 Å². The van der Waals surface area contributed by atoms with Gasteiger partial charge in [0.05, 0.1) is 18.3 Å². The molecule has 0 aliphatic rings. The number of aliphatic hydroxyl groups is 1. The molecular formula is C20H28N6O. The van der Waals surface area contributed by atoms with E-state index in [1.54, 1.807) is 4.52 Å². The molecule has 7 heteroatoms. The number of hydrogen-bond donors (Lipinski definition) is 3. The van der Waals surface area contributed by atoms with Crippen LogP contribution in [0, 0.1) is 6.92 Å². The molecule has 7 nitrogen and oxygen atoms in total. The van der Waals surface area contributed by atoms with E-state index in [-0.39, 0.29) is 18.6 Å². The zero-order chi connectivity index (χ0) is 19.4. The zero-order valence-electron chi connectivity index (χ0n) is 16.4. The topological polar surface area (TPSA) is 87.4 Å². The Morgan fingerprint density at radius 1 is 1.15 bits per heavy atom. The summed E-state index contributed by atoms with van der Waals surface area (Å²) in [5.74, 6) is 1.75. The maximum absolute atomic E-state index is 9.58. The van der Waals surface area contributed by atoms with Gasteiger partial charge in [0.2, 0.25) is 5.65 Å². The summed E-state index contributed by atoms with van der Waals surface area (Å²) in [6.07, 6.45) is 0.807. The van der Waals surface area contributed by atoms with Crippen molar-refractivity contribution in [1.82, 2.24) is 19.8 Å². The highest BCUT2D eigenvalue weighted by Crippen LogP contribution is 2.28. The second-order valence-electron chi connectivity index (χ2n) is 7.07. The molecule has 0 bridgehead atoms. The number of nitrogens with one attached hydrogen (secondary N) is 2. The largest absolute Gasteiger partial charge is 0.394 e. The summed E-state index contributed by atoms with van der Waals surface area (Å²) in [6, 6.07) is 10.2. The van der Waals surface area contributed by atoms with Crippen LogP contribution in [-0.4, -0.2) is 37.6 Å². The number of aliphatic hydroxyl groups excluding tert-OH is 1. The number of fused-ring (bicyclic) bond motifs is 1. The molecule has 0 saturated carbocycles. The summed E-state index contributed by atoms with van der Waals surface area (Å²) in [7, 11) is 0. The van der Waals surface area contributed by atoms with Gasteiger partial charge < -0.3 is 15.7 Å². The summed E-state index contributed by atoms with van der Waals surface area (Å²) in [6.45, 7) is 8.93. The summed E-state index contributed by atoms with van der Waals surface area (Å²) in [4.78, 5) is 0. The molecule has 0 saturated heterocycles. The number of benzene rings is 1. The quantitative estimate of drug-likeness (QED) is 0.565. The van der Waals surface area contributed by atoms with Gasteiger partial charge in [0.15, 0.2) is 11.6 Å². The highest BCUT2D eigenvalue weighted by atomic mass is 16.3. The van der Waals surface area contributed by atoms with E-state index in [1.165, 1.54) is 5.56 Å². The Bertz CT molecular complexity index is 886. The van der Waals surface area contributed by atoms with Crippen LogP contribution in [0.4, 0.5) is 11.5 Å². The van der Waals surface area contributed by atoms with Crippen LogP contribution < -0.4 is 10.6 Å². The zero-order valence-corrected chi connectivity index (χ0v) is 16.4. The Kier molecular flexibility index (Phi) is 5.91. The average Bonchev–Trinajstić information content (AvgIpc) is 3.10. The first-order valence-electron chi connectivity index (χ1n) is 9.46. The van der Waals surface area contributed by atoms with Crippen LogP contribution in [-0.2, 0) is 6.54 Å². The van der Waals surface area contributed by atoms with Gasteiger partial charge in [0.25, 0.3) is 0 Å². The smallest absolute Gasteiger partial charge is 0.201 e. The minimum atomic E-state index is -0.0467. The lowest BCUT2D eigenvalue weighted by atomic mass is 10.2. The highest BCUT2D eigenvalue weighted by molar-refractivity contribution is 5.75. The van der Waals surface area contributed by atoms with Crippen LogP contribution in [0.3, 0.4) is 0 Å². The Morgan fingerprint density at radius 2 is 1.89 bits per heavy atom. The predicted octanol–water partition coefficient (Wildman–Crippen LogP) is 3.35. The third-order valence-electron chi connectivity index (χ3n) is 4.70. The average molecular weight is 368 g/mol. The standard InChI is InChI=1S/C20H28N6O/c1-5-16(12-27)22-18-14(4)17(21-11-15-9-7-6-8-10-15)20-24-23-19(13(2)3)26(20)25-18/h6-10,13,16,21,27H,5,11-12H2,1-4H3,(H,22,25)/t16-/m1/s1. The fourth-order valence-corrected chi connectivity index (χ4v) is 2.97. The lowest BCUT2D eigenvalue weighted by Crippen LogP contribution is -2.25. The molecule has 0 fully saturated rings. The van der Waals surface area contributed by atoms with E-state index in [1.807, 2.05) is 32.0 Å². The Morgan fingerprint density at radius 3 is 2.52 bits per heavy atom. The van der Waals surface area contributed by atoms with Crippen molar-refractivity contribution >= 4 is 17.2 Å². The van der Waals surface area contributed by atoms with Gasteiger partial charge in [-0.1, -0.05) is 51.1 Å². The highest BCUT2D eigenvalue weighted by Gasteiger charge is 2.20. The molecule has 0 aliphatic heterocycles. The van der Waals surface area contributed by atoms with Gasteiger partial charge in [-0.3, -0.25) is 0 Å². The molecule has 0 spiro atoms. The van der Waals surface area contributed by atoms with Crippen molar-refractivity contribution in [3.63, 3.8) is 0 Å². The molecule has 0 amide bonds. The Labute approximate surface area is 159 Å². The van der Waals surface area contributed by atoms with Gasteiger partial charge in [0.1, 0.15) is 0 Å². The molecule has 1 aromatic carbocycles. The van der Waals surface area contributed by atoms with Crippen LogP contribution in [0.2, 0.25) is 0 Å². The maximum atomic E-state index is 9.58. The number of aromatic nitrogens is 4. The third-order valence-corrected chi connectivity index (χ3v) is 4.70. The van der Waals surface area contributed by atoms with Crippen LogP contribution in [0.15, 0.2) is 30.3 Å². The molecule has 144 valence electrons. The van der Waals surface area contributed by atoms with Crippen molar-refractivity contribution in [2.24, 2.45) is 0 Å². The van der Waals surface area contributed by atoms with E-state index in [2.05, 4.69) is 46.8 Å². The molecule has 3 N–H and O–H groups in total. The van der Waals surface area contributed by atoms with Crippen molar-refractivity contribution in [1.29, 1.82) is 0 Å². The van der Waals surface area contributed by atoms with Gasteiger partial charge in [-0.2, -0.15) is 4.52 Å². The van der Waals surface area contributed by atoms with Crippen molar-refractivity contribution in [3.8, 4) is 0 Å². The molecule has 0 radical (unpaired) electrons. The summed E-state index contributed by atoms with van der Waals surface area (Å²) < 4.78 is 1.80. The normalized spacial score (nSPS) is 12.5. The molecular weight excluding hydrogens is 340 g/mol. The minimum Gasteiger partial charge on any atom is -0.394 e. The SMILES string of the molecule is CC[C@H](CO)Nc1nn2c(C(C)C)nnc2c(NCc2ccccc2)c1C. The summed E-state index contributed by atoms with van der Waals surface area (Å²) in [5, 5.41) is 29.9. The molecule has 27 heavy (non-hydrogen) atoms. The number of hydrogen-bond acceptors (Lipinski definition) is 6. The molecule has 2 aromatic heterocycles. The summed E-state index contributed by atoms with van der Waals surface area (Å²) >= 11 is 0. The van der Waals surface area contributed by atoms with Crippen LogP contribution in [0.1, 0.15) is 50.1 Å². The molecule has 2 heterocycles. The van der Waals surface area contributed by atoms with Gasteiger partial charge >= 0.3 is 0 Å². The van der Waals surface area contributed by atoms with Gasteiger partial charge in [0, 0.05) is 18.0 Å². The van der Waals surface area contributed by atoms with Gasteiger partial charge in [-0.15, -0.1) is 15.3 Å². The van der Waals surface area contributed by atoms with E-state index in [0.29, 0.717) is 6.54 Å². The van der Waals surface area contributed by atoms with Crippen molar-refractivity contribution < 1.29 is 5.11 Å². The maximum Gasteiger partial charge on any atom is 0.201 e. The Balaban J connectivity index is 2.04. The fraction of sp³-hybridized carbons (Fsp3) is 0.450. The monoisotopic (exact) mass is 368 g/mol. The van der Waals surface area contributed by atoms with Crippen LogP contribution in [0.5, 0.6) is 0 Å². The van der Waals surface area contributed by atoms with E-state index in [0.717, 1.165) is 35.0 Å².